The third-order valence-corrected chi connectivity index (χ3v) is 6.89. The van der Waals surface area contributed by atoms with Gasteiger partial charge in [0.05, 0.1) is 20.1 Å². The molecule has 3 aromatic rings. The molecule has 1 fully saturated rings. The Kier molecular flexibility index (Phi) is 8.83. The van der Waals surface area contributed by atoms with Gasteiger partial charge in [-0.2, -0.15) is 0 Å². The van der Waals surface area contributed by atoms with Crippen molar-refractivity contribution in [3.8, 4) is 17.0 Å². The molecule has 10 nitrogen and oxygen atoms in total. The molecule has 0 saturated heterocycles. The number of hydrogen-bond acceptors (Lipinski definition) is 7. The monoisotopic (exact) mass is 522 g/mol. The molecule has 0 spiro atoms. The molecule has 3 N–H and O–H groups in total. The molecule has 38 heavy (non-hydrogen) atoms. The lowest BCUT2D eigenvalue weighted by Gasteiger charge is -2.30. The number of carbonyl (C=O) groups excluding carboxylic acids is 2. The number of methoxy groups -OCH3 is 1. The van der Waals surface area contributed by atoms with Crippen LogP contribution in [0.3, 0.4) is 0 Å². The summed E-state index contributed by atoms with van der Waals surface area (Å²) in [7, 11) is 1.59. The lowest BCUT2D eigenvalue weighted by atomic mass is 9.82. The Hall–Kier alpha value is -4.08. The number of pyridine rings is 1. The molecule has 1 aliphatic carbocycles. The van der Waals surface area contributed by atoms with Gasteiger partial charge in [0.2, 0.25) is 0 Å². The van der Waals surface area contributed by atoms with Crippen LogP contribution in [0, 0.1) is 5.92 Å². The zero-order valence-electron chi connectivity index (χ0n) is 21.7. The summed E-state index contributed by atoms with van der Waals surface area (Å²) in [6, 6.07) is 10.3. The van der Waals surface area contributed by atoms with Crippen molar-refractivity contribution in [3.05, 3.63) is 48.2 Å². The number of esters is 1. The van der Waals surface area contributed by atoms with Crippen molar-refractivity contribution in [3.63, 3.8) is 0 Å². The number of amides is 1. The molecule has 0 bridgehead atoms. The molecule has 1 atom stereocenters. The smallest absolute Gasteiger partial charge is 0.325 e. The molecule has 0 aliphatic heterocycles. The van der Waals surface area contributed by atoms with Crippen molar-refractivity contribution in [2.45, 2.75) is 51.5 Å². The van der Waals surface area contributed by atoms with E-state index in [1.165, 1.54) is 0 Å². The predicted octanol–water partition coefficient (Wildman–Crippen LogP) is 4.14. The van der Waals surface area contributed by atoms with Gasteiger partial charge in [0.15, 0.2) is 0 Å². The number of aliphatic carboxylic acids is 1. The van der Waals surface area contributed by atoms with Crippen LogP contribution in [-0.4, -0.2) is 58.6 Å². The third-order valence-electron chi connectivity index (χ3n) is 6.89. The minimum Gasteiger partial charge on any atom is -0.497 e. The fourth-order valence-corrected chi connectivity index (χ4v) is 4.98. The molecule has 1 unspecified atom stereocenters. The number of fused-ring (bicyclic) bond motifs is 1. The summed E-state index contributed by atoms with van der Waals surface area (Å²) >= 11 is 0. The van der Waals surface area contributed by atoms with Gasteiger partial charge in [0, 0.05) is 23.4 Å². The van der Waals surface area contributed by atoms with Gasteiger partial charge in [-0.25, -0.2) is 4.98 Å². The Labute approximate surface area is 221 Å². The van der Waals surface area contributed by atoms with Crippen molar-refractivity contribution in [2.75, 3.05) is 25.6 Å². The number of nitrogens with zero attached hydrogens (tertiary/aromatic N) is 2. The van der Waals surface area contributed by atoms with Crippen LogP contribution in [0.25, 0.3) is 16.9 Å². The van der Waals surface area contributed by atoms with E-state index in [0.29, 0.717) is 28.5 Å². The Balaban J connectivity index is 1.64. The van der Waals surface area contributed by atoms with Crippen molar-refractivity contribution in [1.82, 2.24) is 14.7 Å². The highest BCUT2D eigenvalue weighted by Crippen LogP contribution is 2.31. The predicted molar refractivity (Wildman–Crippen MR) is 142 cm³/mol. The van der Waals surface area contributed by atoms with E-state index in [2.05, 4.69) is 10.6 Å². The molecular formula is C28H34N4O6. The summed E-state index contributed by atoms with van der Waals surface area (Å²) in [5.74, 6) is -0.224. The molecule has 1 saturated carbocycles. The van der Waals surface area contributed by atoms with Gasteiger partial charge in [-0.1, -0.05) is 19.3 Å². The number of anilines is 1. The van der Waals surface area contributed by atoms with E-state index in [-0.39, 0.29) is 31.4 Å². The maximum Gasteiger partial charge on any atom is 0.325 e. The average Bonchev–Trinajstić information content (AvgIpc) is 3.29. The first-order valence-electron chi connectivity index (χ1n) is 13.0. The first-order valence-corrected chi connectivity index (χ1v) is 13.0. The Morgan fingerprint density at radius 2 is 1.87 bits per heavy atom. The molecule has 10 heteroatoms. The number of nitrogens with one attached hydrogen (secondary N) is 2. The molecular weight excluding hydrogens is 488 g/mol. The third kappa shape index (κ3) is 6.42. The van der Waals surface area contributed by atoms with Crippen molar-refractivity contribution in [1.29, 1.82) is 0 Å². The molecule has 1 amide bonds. The zero-order valence-corrected chi connectivity index (χ0v) is 21.7. The normalized spacial score (nSPS) is 14.6. The van der Waals surface area contributed by atoms with E-state index < -0.39 is 18.0 Å². The zero-order chi connectivity index (χ0) is 27.1. The number of benzene rings is 1. The van der Waals surface area contributed by atoms with Crippen LogP contribution in [0.2, 0.25) is 0 Å². The maximum atomic E-state index is 13.2. The summed E-state index contributed by atoms with van der Waals surface area (Å²) in [6.07, 6.45) is 6.68. The minimum atomic E-state index is -0.925. The molecule has 0 radical (unpaired) electrons. The number of hydrogen-bond donors (Lipinski definition) is 3. The fourth-order valence-electron chi connectivity index (χ4n) is 4.98. The second kappa shape index (κ2) is 12.4. The topological polar surface area (TPSA) is 131 Å². The Morgan fingerprint density at radius 3 is 2.53 bits per heavy atom. The summed E-state index contributed by atoms with van der Waals surface area (Å²) in [6.45, 7) is 1.98. The van der Waals surface area contributed by atoms with Crippen LogP contribution < -0.4 is 15.4 Å². The van der Waals surface area contributed by atoms with Gasteiger partial charge in [-0.3, -0.25) is 18.8 Å². The first-order chi connectivity index (χ1) is 18.4. The number of aromatic nitrogens is 2. The van der Waals surface area contributed by atoms with Crippen LogP contribution in [0.15, 0.2) is 42.6 Å². The van der Waals surface area contributed by atoms with Crippen LogP contribution >= 0.6 is 0 Å². The highest BCUT2D eigenvalue weighted by molar-refractivity contribution is 5.96. The quantitative estimate of drug-likeness (QED) is 0.320. The second-order valence-electron chi connectivity index (χ2n) is 9.42. The number of carboxylic acid groups (broad SMARTS) is 1. The summed E-state index contributed by atoms with van der Waals surface area (Å²) < 4.78 is 12.1. The molecule has 1 aliphatic rings. The SMILES string of the molecule is CCOC(=O)CNc1c(-c2ccc(OC)cc2)nc2cc(C(=O)NC(CC(=O)O)C3CCCCC3)ccn12. The van der Waals surface area contributed by atoms with Gasteiger partial charge in [-0.15, -0.1) is 0 Å². The van der Waals surface area contributed by atoms with E-state index >= 15 is 0 Å². The van der Waals surface area contributed by atoms with Crippen LogP contribution in [0.5, 0.6) is 5.75 Å². The standard InChI is InChI=1S/C28H34N4O6/c1-3-38-25(35)17-29-27-26(19-9-11-21(37-2)12-10-19)31-23-15-20(13-14-32(23)27)28(36)30-22(16-24(33)34)18-7-5-4-6-8-18/h9-15,18,22,29H,3-8,16-17H2,1-2H3,(H,30,36)(H,33,34). The van der Waals surface area contributed by atoms with E-state index in [0.717, 1.165) is 37.7 Å². The molecule has 4 rings (SSSR count). The first kappa shape index (κ1) is 27.0. The van der Waals surface area contributed by atoms with Gasteiger partial charge < -0.3 is 25.2 Å². The number of ether oxygens (including phenoxy) is 2. The fraction of sp³-hybridized carbons (Fsp3) is 0.429. The second-order valence-corrected chi connectivity index (χ2v) is 9.42. The van der Waals surface area contributed by atoms with Gasteiger partial charge in [0.1, 0.15) is 29.5 Å². The van der Waals surface area contributed by atoms with E-state index in [4.69, 9.17) is 14.5 Å². The molecule has 1 aromatic carbocycles. The van der Waals surface area contributed by atoms with Gasteiger partial charge in [0.25, 0.3) is 5.91 Å². The van der Waals surface area contributed by atoms with Crippen molar-refractivity contribution < 1.29 is 29.0 Å². The summed E-state index contributed by atoms with van der Waals surface area (Å²) in [4.78, 5) is 41.5. The van der Waals surface area contributed by atoms with Gasteiger partial charge >= 0.3 is 11.9 Å². The van der Waals surface area contributed by atoms with Crippen molar-refractivity contribution in [2.24, 2.45) is 5.92 Å². The number of carboxylic acids is 1. The largest absolute Gasteiger partial charge is 0.497 e. The number of carbonyl (C=O) groups is 3. The molecule has 2 heterocycles. The number of imidazole rings is 1. The van der Waals surface area contributed by atoms with E-state index in [1.807, 2.05) is 24.3 Å². The Bertz CT molecular complexity index is 1280. The van der Waals surface area contributed by atoms with E-state index in [1.54, 1.807) is 36.8 Å². The Morgan fingerprint density at radius 1 is 1.13 bits per heavy atom. The van der Waals surface area contributed by atoms with Crippen LogP contribution in [0.4, 0.5) is 5.82 Å². The van der Waals surface area contributed by atoms with Crippen LogP contribution in [0.1, 0.15) is 55.8 Å². The van der Waals surface area contributed by atoms with Crippen LogP contribution in [-0.2, 0) is 14.3 Å². The lowest BCUT2D eigenvalue weighted by Crippen LogP contribution is -2.42. The number of rotatable bonds is 11. The molecule has 2 aromatic heterocycles. The average molecular weight is 523 g/mol. The highest BCUT2D eigenvalue weighted by atomic mass is 16.5. The van der Waals surface area contributed by atoms with Crippen molar-refractivity contribution >= 4 is 29.3 Å². The highest BCUT2D eigenvalue weighted by Gasteiger charge is 2.28. The lowest BCUT2D eigenvalue weighted by molar-refractivity contribution is -0.141. The summed E-state index contributed by atoms with van der Waals surface area (Å²) in [5, 5.41) is 15.5. The van der Waals surface area contributed by atoms with E-state index in [9.17, 15) is 19.5 Å². The summed E-state index contributed by atoms with van der Waals surface area (Å²) in [5.41, 5.74) is 2.28. The maximum absolute atomic E-state index is 13.2. The molecule has 202 valence electrons. The minimum absolute atomic E-state index is 0.0503. The van der Waals surface area contributed by atoms with Gasteiger partial charge in [-0.05, 0) is 62.1 Å².